The van der Waals surface area contributed by atoms with Gasteiger partial charge in [0.15, 0.2) is 0 Å². The number of hydrogen-bond donors (Lipinski definition) is 2. The zero-order chi connectivity index (χ0) is 24.2. The Bertz CT molecular complexity index is 1270. The van der Waals surface area contributed by atoms with Crippen LogP contribution in [0.25, 0.3) is 0 Å². The van der Waals surface area contributed by atoms with Crippen molar-refractivity contribution in [3.05, 3.63) is 69.7 Å². The van der Waals surface area contributed by atoms with E-state index in [0.29, 0.717) is 24.5 Å². The van der Waals surface area contributed by atoms with Crippen molar-refractivity contribution in [2.75, 3.05) is 23.7 Å². The van der Waals surface area contributed by atoms with Gasteiger partial charge in [0.2, 0.25) is 21.7 Å². The molecule has 13 heteroatoms. The Morgan fingerprint density at radius 2 is 1.58 bits per heavy atom. The number of rotatable bonds is 9. The van der Waals surface area contributed by atoms with Crippen molar-refractivity contribution < 1.29 is 17.7 Å². The lowest BCUT2D eigenvalue weighted by molar-refractivity contribution is -0.383. The number of nitrogens with one attached hydrogen (secondary N) is 2. The molecule has 33 heavy (non-hydrogen) atoms. The third kappa shape index (κ3) is 5.35. The molecule has 1 aromatic heterocycles. The number of halogens is 2. The standard InChI is InChI=1S/C20H20ClFN6O4S/c1-3-27(4-2)33(31,32)15-8-5-13(6-9-15)25-19-18(28(29)30)20(24-12-23-19)26-14-7-10-17(22)16(21)11-14/h5-12H,3-4H2,1-2H3,(H2,23,24,25,26). The quantitative estimate of drug-likeness (QED) is 0.323. The third-order valence-corrected chi connectivity index (χ3v) is 7.00. The van der Waals surface area contributed by atoms with Gasteiger partial charge in [-0.2, -0.15) is 4.31 Å². The van der Waals surface area contributed by atoms with Crippen LogP contribution in [0.4, 0.5) is 33.1 Å². The molecule has 0 spiro atoms. The molecule has 2 N–H and O–H groups in total. The predicted molar refractivity (Wildman–Crippen MR) is 123 cm³/mol. The molecule has 3 rings (SSSR count). The average molecular weight is 495 g/mol. The lowest BCUT2D eigenvalue weighted by atomic mass is 10.3. The smallest absolute Gasteiger partial charge is 0.334 e. The maximum Gasteiger partial charge on any atom is 0.353 e. The molecular formula is C20H20ClFN6O4S. The Morgan fingerprint density at radius 3 is 2.09 bits per heavy atom. The van der Waals surface area contributed by atoms with Crippen LogP contribution in [0, 0.1) is 15.9 Å². The molecule has 0 unspecified atom stereocenters. The number of anilines is 4. The van der Waals surface area contributed by atoms with Crippen LogP contribution in [-0.2, 0) is 10.0 Å². The van der Waals surface area contributed by atoms with Gasteiger partial charge in [-0.25, -0.2) is 22.8 Å². The van der Waals surface area contributed by atoms with Crippen molar-refractivity contribution in [1.29, 1.82) is 0 Å². The Kier molecular flexibility index (Phi) is 7.41. The van der Waals surface area contributed by atoms with Gasteiger partial charge in [0.1, 0.15) is 12.1 Å². The van der Waals surface area contributed by atoms with Gasteiger partial charge in [0.25, 0.3) is 0 Å². The second-order valence-corrected chi connectivity index (χ2v) is 9.01. The minimum absolute atomic E-state index is 0.101. The van der Waals surface area contributed by atoms with Crippen LogP contribution < -0.4 is 10.6 Å². The van der Waals surface area contributed by atoms with E-state index in [1.54, 1.807) is 13.8 Å². The molecule has 3 aromatic rings. The molecule has 0 saturated heterocycles. The molecule has 0 fully saturated rings. The Hall–Kier alpha value is -3.35. The number of hydrogen-bond acceptors (Lipinski definition) is 8. The van der Waals surface area contributed by atoms with Crippen LogP contribution in [0.15, 0.2) is 53.7 Å². The molecule has 0 atom stereocenters. The van der Waals surface area contributed by atoms with E-state index >= 15 is 0 Å². The van der Waals surface area contributed by atoms with Gasteiger partial charge in [0, 0.05) is 24.5 Å². The van der Waals surface area contributed by atoms with Gasteiger partial charge >= 0.3 is 5.69 Å². The van der Waals surface area contributed by atoms with Crippen LogP contribution in [0.5, 0.6) is 0 Å². The van der Waals surface area contributed by atoms with Crippen molar-refractivity contribution in [3.63, 3.8) is 0 Å². The number of nitro groups is 1. The van der Waals surface area contributed by atoms with Crippen molar-refractivity contribution in [3.8, 4) is 0 Å². The lowest BCUT2D eigenvalue weighted by Crippen LogP contribution is -2.30. The number of nitrogens with zero attached hydrogens (tertiary/aromatic N) is 4. The Morgan fingerprint density at radius 1 is 1.03 bits per heavy atom. The summed E-state index contributed by atoms with van der Waals surface area (Å²) in [7, 11) is -3.64. The van der Waals surface area contributed by atoms with E-state index in [1.165, 1.54) is 40.7 Å². The SMILES string of the molecule is CCN(CC)S(=O)(=O)c1ccc(Nc2ncnc(Nc3ccc(F)c(Cl)c3)c2[N+](=O)[O-])cc1. The van der Waals surface area contributed by atoms with Crippen LogP contribution in [0.2, 0.25) is 5.02 Å². The fraction of sp³-hybridized carbons (Fsp3) is 0.200. The Balaban J connectivity index is 1.90. The molecular weight excluding hydrogens is 475 g/mol. The molecule has 174 valence electrons. The predicted octanol–water partition coefficient (Wildman–Crippen LogP) is 4.70. The fourth-order valence-electron chi connectivity index (χ4n) is 3.00. The molecule has 0 aliphatic carbocycles. The normalized spacial score (nSPS) is 11.4. The van der Waals surface area contributed by atoms with Gasteiger partial charge in [-0.3, -0.25) is 10.1 Å². The van der Waals surface area contributed by atoms with Crippen molar-refractivity contribution >= 4 is 50.3 Å². The van der Waals surface area contributed by atoms with Gasteiger partial charge in [-0.1, -0.05) is 25.4 Å². The molecule has 0 radical (unpaired) electrons. The molecule has 0 saturated carbocycles. The summed E-state index contributed by atoms with van der Waals surface area (Å²) in [5, 5.41) is 17.1. The lowest BCUT2D eigenvalue weighted by Gasteiger charge is -2.18. The molecule has 0 aliphatic heterocycles. The maximum absolute atomic E-state index is 13.4. The number of aromatic nitrogens is 2. The van der Waals surface area contributed by atoms with Crippen molar-refractivity contribution in [2.45, 2.75) is 18.7 Å². The summed E-state index contributed by atoms with van der Waals surface area (Å²) in [4.78, 5) is 19.0. The first-order valence-corrected chi connectivity index (χ1v) is 11.6. The first-order chi connectivity index (χ1) is 15.7. The summed E-state index contributed by atoms with van der Waals surface area (Å²) in [5.41, 5.74) is 0.212. The second-order valence-electron chi connectivity index (χ2n) is 6.67. The van der Waals surface area contributed by atoms with Gasteiger partial charge < -0.3 is 10.6 Å². The zero-order valence-electron chi connectivity index (χ0n) is 17.6. The van der Waals surface area contributed by atoms with E-state index < -0.39 is 26.5 Å². The van der Waals surface area contributed by atoms with E-state index in [9.17, 15) is 22.9 Å². The van der Waals surface area contributed by atoms with Crippen LogP contribution in [0.1, 0.15) is 13.8 Å². The molecule has 10 nitrogen and oxygen atoms in total. The van der Waals surface area contributed by atoms with Crippen molar-refractivity contribution in [1.82, 2.24) is 14.3 Å². The summed E-state index contributed by atoms with van der Waals surface area (Å²) in [6.45, 7) is 4.16. The van der Waals surface area contributed by atoms with Crippen LogP contribution in [0.3, 0.4) is 0 Å². The van der Waals surface area contributed by atoms with Crippen LogP contribution >= 0.6 is 11.6 Å². The second kappa shape index (κ2) is 10.1. The molecule has 0 aliphatic rings. The fourth-order valence-corrected chi connectivity index (χ4v) is 4.64. The highest BCUT2D eigenvalue weighted by atomic mass is 35.5. The van der Waals surface area contributed by atoms with E-state index in [1.807, 2.05) is 0 Å². The van der Waals surface area contributed by atoms with Gasteiger partial charge in [-0.15, -0.1) is 0 Å². The average Bonchev–Trinajstić information content (AvgIpc) is 2.77. The monoisotopic (exact) mass is 494 g/mol. The molecule has 0 bridgehead atoms. The highest BCUT2D eigenvalue weighted by molar-refractivity contribution is 7.89. The third-order valence-electron chi connectivity index (χ3n) is 4.65. The summed E-state index contributed by atoms with van der Waals surface area (Å²) >= 11 is 5.76. The van der Waals surface area contributed by atoms with Gasteiger partial charge in [-0.05, 0) is 42.5 Å². The first-order valence-electron chi connectivity index (χ1n) is 9.76. The first kappa shape index (κ1) is 24.3. The molecule has 0 amide bonds. The van der Waals surface area contributed by atoms with Crippen LogP contribution in [-0.4, -0.2) is 40.7 Å². The summed E-state index contributed by atoms with van der Waals surface area (Å²) < 4.78 is 40.0. The minimum Gasteiger partial charge on any atom is -0.334 e. The van der Waals surface area contributed by atoms with E-state index in [0.717, 1.165) is 12.4 Å². The van der Waals surface area contributed by atoms with Crippen molar-refractivity contribution in [2.24, 2.45) is 0 Å². The summed E-state index contributed by atoms with van der Waals surface area (Å²) in [6.07, 6.45) is 1.11. The zero-order valence-corrected chi connectivity index (χ0v) is 19.2. The number of sulfonamides is 1. The summed E-state index contributed by atoms with van der Waals surface area (Å²) in [6, 6.07) is 9.51. The maximum atomic E-state index is 13.4. The summed E-state index contributed by atoms with van der Waals surface area (Å²) in [5.74, 6) is -0.890. The largest absolute Gasteiger partial charge is 0.353 e. The van der Waals surface area contributed by atoms with Gasteiger partial charge in [0.05, 0.1) is 14.8 Å². The molecule has 1 heterocycles. The van der Waals surface area contributed by atoms with E-state index in [4.69, 9.17) is 11.6 Å². The highest BCUT2D eigenvalue weighted by Gasteiger charge is 2.24. The highest BCUT2D eigenvalue weighted by Crippen LogP contribution is 2.34. The van der Waals surface area contributed by atoms with E-state index in [2.05, 4.69) is 20.6 Å². The Labute approximate surface area is 194 Å². The topological polar surface area (TPSA) is 130 Å². The minimum atomic E-state index is -3.64. The number of benzene rings is 2. The molecule has 2 aromatic carbocycles. The van der Waals surface area contributed by atoms with E-state index in [-0.39, 0.29) is 21.6 Å².